The van der Waals surface area contributed by atoms with E-state index in [0.29, 0.717) is 11.3 Å². The molecule has 0 radical (unpaired) electrons. The van der Waals surface area contributed by atoms with E-state index in [1.54, 1.807) is 43.5 Å². The summed E-state index contributed by atoms with van der Waals surface area (Å²) >= 11 is 0. The van der Waals surface area contributed by atoms with E-state index in [2.05, 4.69) is 0 Å². The van der Waals surface area contributed by atoms with Crippen molar-refractivity contribution in [2.75, 3.05) is 28.4 Å². The zero-order valence-corrected chi connectivity index (χ0v) is 14.7. The molecule has 1 atom stereocenters. The van der Waals surface area contributed by atoms with Crippen molar-refractivity contribution in [2.24, 2.45) is 0 Å². The van der Waals surface area contributed by atoms with Crippen LogP contribution in [0, 0.1) is 0 Å². The largest absolute Gasteiger partial charge is 0.507 e. The fourth-order valence-corrected chi connectivity index (χ4v) is 2.70. The number of rotatable bonds is 8. The van der Waals surface area contributed by atoms with Gasteiger partial charge in [-0.3, -0.25) is 4.79 Å². The summed E-state index contributed by atoms with van der Waals surface area (Å²) in [5.41, 5.74) is 0.759. The average Bonchev–Trinajstić information content (AvgIpc) is 2.65. The second-order valence-corrected chi connectivity index (χ2v) is 5.31. The predicted molar refractivity (Wildman–Crippen MR) is 92.5 cm³/mol. The number of hydrogen-bond acceptors (Lipinski definition) is 6. The number of benzene rings is 2. The fraction of sp³-hybridized carbons (Fsp3) is 0.316. The molecular formula is C19H22O6. The van der Waals surface area contributed by atoms with Crippen LogP contribution in [0.4, 0.5) is 0 Å². The minimum atomic E-state index is -0.829. The first-order valence-corrected chi connectivity index (χ1v) is 7.67. The third-order valence-corrected chi connectivity index (χ3v) is 3.96. The molecule has 0 aliphatic carbocycles. The van der Waals surface area contributed by atoms with E-state index in [9.17, 15) is 9.90 Å². The van der Waals surface area contributed by atoms with Gasteiger partial charge in [0.25, 0.3) is 0 Å². The molecule has 0 saturated heterocycles. The van der Waals surface area contributed by atoms with Crippen LogP contribution in [0.1, 0.15) is 21.8 Å². The Labute approximate surface area is 146 Å². The van der Waals surface area contributed by atoms with Crippen molar-refractivity contribution in [2.45, 2.75) is 12.2 Å². The summed E-state index contributed by atoms with van der Waals surface area (Å²) in [6.45, 7) is 0. The van der Waals surface area contributed by atoms with E-state index in [4.69, 9.17) is 18.9 Å². The van der Waals surface area contributed by atoms with Gasteiger partial charge in [-0.1, -0.05) is 18.2 Å². The van der Waals surface area contributed by atoms with Gasteiger partial charge in [-0.05, 0) is 29.8 Å². The van der Waals surface area contributed by atoms with Gasteiger partial charge in [0, 0.05) is 14.2 Å². The van der Waals surface area contributed by atoms with Crippen molar-refractivity contribution in [1.29, 1.82) is 0 Å². The SMILES string of the molecule is COc1ccc(C(C(=O)c2c(O)cccc2OC)C(OC)OC)cc1. The number of aromatic hydroxyl groups is 1. The maximum absolute atomic E-state index is 13.2. The smallest absolute Gasteiger partial charge is 0.182 e. The van der Waals surface area contributed by atoms with Crippen LogP contribution in [-0.2, 0) is 9.47 Å². The number of phenols is 1. The molecule has 0 aliphatic heterocycles. The van der Waals surface area contributed by atoms with Crippen molar-refractivity contribution >= 4 is 5.78 Å². The van der Waals surface area contributed by atoms with Gasteiger partial charge in [-0.15, -0.1) is 0 Å². The highest BCUT2D eigenvalue weighted by molar-refractivity contribution is 6.05. The topological polar surface area (TPSA) is 74.2 Å². The second-order valence-electron chi connectivity index (χ2n) is 5.31. The standard InChI is InChI=1S/C19H22O6/c1-22-13-10-8-12(9-11-13)16(19(24-3)25-4)18(21)17-14(20)6-5-7-15(17)23-2/h5-11,16,19-20H,1-4H3. The molecule has 0 aliphatic rings. The van der Waals surface area contributed by atoms with E-state index in [0.717, 1.165) is 0 Å². The van der Waals surface area contributed by atoms with Gasteiger partial charge in [0.1, 0.15) is 22.8 Å². The van der Waals surface area contributed by atoms with E-state index < -0.39 is 12.2 Å². The van der Waals surface area contributed by atoms with E-state index in [1.165, 1.54) is 27.4 Å². The van der Waals surface area contributed by atoms with Gasteiger partial charge in [0.15, 0.2) is 12.1 Å². The number of carbonyl (C=O) groups excluding carboxylic acids is 1. The first-order chi connectivity index (χ1) is 12.1. The first-order valence-electron chi connectivity index (χ1n) is 7.67. The molecule has 6 heteroatoms. The number of phenolic OH excluding ortho intramolecular Hbond substituents is 1. The van der Waals surface area contributed by atoms with Crippen molar-refractivity contribution in [3.8, 4) is 17.2 Å². The van der Waals surface area contributed by atoms with E-state index in [-0.39, 0.29) is 22.8 Å². The van der Waals surface area contributed by atoms with Crippen LogP contribution in [0.5, 0.6) is 17.2 Å². The van der Waals surface area contributed by atoms with Gasteiger partial charge in [-0.2, -0.15) is 0 Å². The summed E-state index contributed by atoms with van der Waals surface area (Å²) in [7, 11) is 5.93. The Morgan fingerprint density at radius 3 is 2.08 bits per heavy atom. The lowest BCUT2D eigenvalue weighted by Crippen LogP contribution is -2.30. The number of Topliss-reactive ketones (excluding diaryl/α,β-unsaturated/α-hetero) is 1. The Hall–Kier alpha value is -2.57. The van der Waals surface area contributed by atoms with Crippen molar-refractivity contribution in [1.82, 2.24) is 0 Å². The lowest BCUT2D eigenvalue weighted by atomic mass is 9.89. The van der Waals surface area contributed by atoms with Crippen LogP contribution in [-0.4, -0.2) is 45.6 Å². The maximum Gasteiger partial charge on any atom is 0.182 e. The highest BCUT2D eigenvalue weighted by atomic mass is 16.7. The molecule has 6 nitrogen and oxygen atoms in total. The summed E-state index contributed by atoms with van der Waals surface area (Å²) in [5.74, 6) is -0.360. The molecule has 1 N–H and O–H groups in total. The third-order valence-electron chi connectivity index (χ3n) is 3.96. The van der Waals surface area contributed by atoms with Gasteiger partial charge < -0.3 is 24.1 Å². The Bertz CT molecular complexity index is 706. The number of hydrogen-bond donors (Lipinski definition) is 1. The molecule has 2 aromatic carbocycles. The highest BCUT2D eigenvalue weighted by Gasteiger charge is 2.34. The number of ether oxygens (including phenoxy) is 4. The van der Waals surface area contributed by atoms with Crippen LogP contribution in [0.25, 0.3) is 0 Å². The number of methoxy groups -OCH3 is 4. The second kappa shape index (κ2) is 8.50. The molecule has 0 fully saturated rings. The van der Waals surface area contributed by atoms with Gasteiger partial charge in [0.05, 0.1) is 20.1 Å². The zero-order chi connectivity index (χ0) is 18.4. The van der Waals surface area contributed by atoms with E-state index in [1.807, 2.05) is 0 Å². The Morgan fingerprint density at radius 2 is 1.56 bits per heavy atom. The lowest BCUT2D eigenvalue weighted by Gasteiger charge is -2.25. The van der Waals surface area contributed by atoms with Crippen molar-refractivity contribution < 1.29 is 28.8 Å². The molecule has 0 aromatic heterocycles. The molecule has 0 saturated carbocycles. The van der Waals surface area contributed by atoms with Crippen LogP contribution in [0.15, 0.2) is 42.5 Å². The third kappa shape index (κ3) is 3.92. The van der Waals surface area contributed by atoms with Crippen LogP contribution in [0.3, 0.4) is 0 Å². The molecule has 2 rings (SSSR count). The predicted octanol–water partition coefficient (Wildman–Crippen LogP) is 2.99. The lowest BCUT2D eigenvalue weighted by molar-refractivity contribution is -0.110. The fourth-order valence-electron chi connectivity index (χ4n) is 2.70. The summed E-state index contributed by atoms with van der Waals surface area (Å²) in [5, 5.41) is 10.2. The average molecular weight is 346 g/mol. The Kier molecular flexibility index (Phi) is 6.38. The molecule has 2 aromatic rings. The normalized spacial score (nSPS) is 12.0. The summed E-state index contributed by atoms with van der Waals surface area (Å²) < 4.78 is 21.1. The minimum Gasteiger partial charge on any atom is -0.507 e. The van der Waals surface area contributed by atoms with Crippen LogP contribution in [0.2, 0.25) is 0 Å². The Morgan fingerprint density at radius 1 is 0.920 bits per heavy atom. The van der Waals surface area contributed by atoms with E-state index >= 15 is 0 Å². The summed E-state index contributed by atoms with van der Waals surface area (Å²) in [6.07, 6.45) is -0.829. The first kappa shape index (κ1) is 18.8. The van der Waals surface area contributed by atoms with Gasteiger partial charge in [-0.25, -0.2) is 0 Å². The maximum atomic E-state index is 13.2. The Balaban J connectivity index is 2.53. The molecule has 0 amide bonds. The monoisotopic (exact) mass is 346 g/mol. The van der Waals surface area contributed by atoms with Gasteiger partial charge in [0.2, 0.25) is 0 Å². The molecule has 0 spiro atoms. The van der Waals surface area contributed by atoms with Gasteiger partial charge >= 0.3 is 0 Å². The summed E-state index contributed by atoms with van der Waals surface area (Å²) in [4.78, 5) is 13.2. The quantitative estimate of drug-likeness (QED) is 0.585. The zero-order valence-electron chi connectivity index (χ0n) is 14.7. The van der Waals surface area contributed by atoms with Crippen LogP contribution < -0.4 is 9.47 Å². The number of ketones is 1. The number of carbonyl (C=O) groups is 1. The van der Waals surface area contributed by atoms with Crippen molar-refractivity contribution in [3.63, 3.8) is 0 Å². The molecular weight excluding hydrogens is 324 g/mol. The molecule has 0 bridgehead atoms. The molecule has 134 valence electrons. The molecule has 25 heavy (non-hydrogen) atoms. The van der Waals surface area contributed by atoms with Crippen molar-refractivity contribution in [3.05, 3.63) is 53.6 Å². The summed E-state index contributed by atoms with van der Waals surface area (Å²) in [6, 6.07) is 11.7. The minimum absolute atomic E-state index is 0.0879. The molecule has 1 unspecified atom stereocenters. The molecule has 0 heterocycles. The highest BCUT2D eigenvalue weighted by Crippen LogP contribution is 2.35. The van der Waals surface area contributed by atoms with Crippen LogP contribution >= 0.6 is 0 Å².